The molecule has 2 amide bonds. The van der Waals surface area contributed by atoms with E-state index >= 15 is 0 Å². The van der Waals surface area contributed by atoms with Gasteiger partial charge in [0.05, 0.1) is 5.41 Å². The first-order chi connectivity index (χ1) is 16.9. The van der Waals surface area contributed by atoms with Gasteiger partial charge in [0.15, 0.2) is 0 Å². The third-order valence-corrected chi connectivity index (χ3v) is 8.80. The number of carboxylic acid groups (broad SMARTS) is 1. The van der Waals surface area contributed by atoms with Gasteiger partial charge in [0, 0.05) is 12.5 Å². The molecule has 6 rings (SSSR count). The Kier molecular flexibility index (Phi) is 5.13. The largest absolute Gasteiger partial charge is 0.480 e. The Morgan fingerprint density at radius 1 is 1.00 bits per heavy atom. The van der Waals surface area contributed by atoms with Crippen molar-refractivity contribution in [2.24, 2.45) is 16.7 Å². The molecular formula is C28H30N2O5. The minimum absolute atomic E-state index is 0.0136. The lowest BCUT2D eigenvalue weighted by Crippen LogP contribution is -2.50. The number of aliphatic carboxylic acids is 1. The maximum absolute atomic E-state index is 13.3. The van der Waals surface area contributed by atoms with Crippen molar-refractivity contribution < 1.29 is 24.2 Å². The van der Waals surface area contributed by atoms with Crippen LogP contribution >= 0.6 is 0 Å². The number of fused-ring (bicyclic) bond motifs is 3. The van der Waals surface area contributed by atoms with Crippen LogP contribution in [0.5, 0.6) is 0 Å². The molecule has 0 radical (unpaired) electrons. The van der Waals surface area contributed by atoms with Gasteiger partial charge in [-0.3, -0.25) is 4.79 Å². The number of amides is 2. The van der Waals surface area contributed by atoms with Crippen molar-refractivity contribution in [3.05, 3.63) is 59.7 Å². The zero-order valence-corrected chi connectivity index (χ0v) is 19.6. The summed E-state index contributed by atoms with van der Waals surface area (Å²) in [6.07, 6.45) is 4.73. The molecule has 0 saturated heterocycles. The summed E-state index contributed by atoms with van der Waals surface area (Å²) in [7, 11) is 0. The van der Waals surface area contributed by atoms with E-state index in [1.54, 1.807) is 0 Å². The second-order valence-electron chi connectivity index (χ2n) is 10.7. The molecule has 2 aromatic carbocycles. The molecule has 4 aliphatic carbocycles. The zero-order chi connectivity index (χ0) is 24.2. The molecule has 3 saturated carbocycles. The predicted octanol–water partition coefficient (Wildman–Crippen LogP) is 4.06. The number of hydrogen-bond donors (Lipinski definition) is 3. The van der Waals surface area contributed by atoms with Gasteiger partial charge in [-0.15, -0.1) is 0 Å². The minimum atomic E-state index is -0.983. The molecular weight excluding hydrogens is 444 g/mol. The normalized spacial score (nSPS) is 24.0. The Bertz CT molecular complexity index is 1160. The highest BCUT2D eigenvalue weighted by Gasteiger charge is 2.73. The SMILES string of the molecule is O=C(NCC1(C(=O)NC(C(=O)O)C2CC2)CC12CCC2)OCC1c2ccccc2-c2ccccc21. The summed E-state index contributed by atoms with van der Waals surface area (Å²) < 4.78 is 5.65. The number of benzene rings is 2. The van der Waals surface area contributed by atoms with E-state index in [-0.39, 0.29) is 36.3 Å². The van der Waals surface area contributed by atoms with Crippen LogP contribution in [-0.2, 0) is 14.3 Å². The molecule has 0 heterocycles. The highest BCUT2D eigenvalue weighted by atomic mass is 16.5. The quantitative estimate of drug-likeness (QED) is 0.535. The number of carboxylic acids is 1. The van der Waals surface area contributed by atoms with Crippen molar-refractivity contribution in [2.75, 3.05) is 13.2 Å². The topological polar surface area (TPSA) is 105 Å². The first-order valence-electron chi connectivity index (χ1n) is 12.6. The number of carbonyl (C=O) groups excluding carboxylic acids is 2. The molecule has 3 fully saturated rings. The van der Waals surface area contributed by atoms with Gasteiger partial charge >= 0.3 is 12.1 Å². The first kappa shape index (κ1) is 22.1. The fraction of sp³-hybridized carbons (Fsp3) is 0.464. The van der Waals surface area contributed by atoms with Crippen LogP contribution in [0.25, 0.3) is 11.1 Å². The van der Waals surface area contributed by atoms with Crippen LogP contribution in [0.15, 0.2) is 48.5 Å². The van der Waals surface area contributed by atoms with E-state index < -0.39 is 23.5 Å². The maximum atomic E-state index is 13.3. The molecule has 35 heavy (non-hydrogen) atoms. The van der Waals surface area contributed by atoms with Gasteiger partial charge in [0.1, 0.15) is 12.6 Å². The van der Waals surface area contributed by atoms with Gasteiger partial charge in [-0.05, 0) is 65.7 Å². The standard InChI is InChI=1S/C28H30N2O5/c31-24(32)23(17-10-11-17)30-25(33)28(15-27(28)12-5-13-27)16-29-26(34)35-14-22-20-8-3-1-6-18(20)19-7-2-4-9-21(19)22/h1-4,6-9,17,22-23H,5,10-16H2,(H,29,34)(H,30,33)(H,31,32). The summed E-state index contributed by atoms with van der Waals surface area (Å²) >= 11 is 0. The maximum Gasteiger partial charge on any atom is 0.407 e. The molecule has 2 atom stereocenters. The Hall–Kier alpha value is -3.35. The second kappa shape index (κ2) is 8.11. The van der Waals surface area contributed by atoms with Crippen LogP contribution in [0.2, 0.25) is 0 Å². The molecule has 7 nitrogen and oxygen atoms in total. The third-order valence-electron chi connectivity index (χ3n) is 8.80. The molecule has 2 unspecified atom stereocenters. The molecule has 7 heteroatoms. The van der Waals surface area contributed by atoms with E-state index in [1.807, 2.05) is 24.3 Å². The minimum Gasteiger partial charge on any atom is -0.480 e. The number of ether oxygens (including phenoxy) is 1. The second-order valence-corrected chi connectivity index (χ2v) is 10.7. The van der Waals surface area contributed by atoms with Crippen LogP contribution in [-0.4, -0.2) is 42.3 Å². The van der Waals surface area contributed by atoms with E-state index in [0.29, 0.717) is 6.42 Å². The molecule has 0 bridgehead atoms. The van der Waals surface area contributed by atoms with Crippen molar-refractivity contribution in [2.45, 2.75) is 50.5 Å². The number of carbonyl (C=O) groups is 3. The third kappa shape index (κ3) is 3.60. The number of alkyl carbamates (subject to hydrolysis) is 1. The van der Waals surface area contributed by atoms with Gasteiger partial charge in [-0.25, -0.2) is 9.59 Å². The molecule has 1 spiro atoms. The van der Waals surface area contributed by atoms with E-state index in [4.69, 9.17) is 4.74 Å². The molecule has 2 aromatic rings. The summed E-state index contributed by atoms with van der Waals surface area (Å²) in [5, 5.41) is 15.2. The van der Waals surface area contributed by atoms with Crippen molar-refractivity contribution in [1.29, 1.82) is 0 Å². The summed E-state index contributed by atoms with van der Waals surface area (Å²) in [5.41, 5.74) is 3.78. The monoisotopic (exact) mass is 474 g/mol. The fourth-order valence-electron chi connectivity index (χ4n) is 6.41. The Balaban J connectivity index is 1.10. The van der Waals surface area contributed by atoms with Crippen molar-refractivity contribution >= 4 is 18.0 Å². The van der Waals surface area contributed by atoms with Crippen molar-refractivity contribution in [3.8, 4) is 11.1 Å². The van der Waals surface area contributed by atoms with Crippen molar-refractivity contribution in [3.63, 3.8) is 0 Å². The van der Waals surface area contributed by atoms with E-state index in [1.165, 1.54) is 11.1 Å². The number of hydrogen-bond acceptors (Lipinski definition) is 4. The molecule has 0 aromatic heterocycles. The van der Waals surface area contributed by atoms with Crippen LogP contribution < -0.4 is 10.6 Å². The highest BCUT2D eigenvalue weighted by Crippen LogP contribution is 2.73. The predicted molar refractivity (Wildman–Crippen MR) is 129 cm³/mol. The molecule has 3 N–H and O–H groups in total. The molecule has 4 aliphatic rings. The molecule has 0 aliphatic heterocycles. The van der Waals surface area contributed by atoms with E-state index in [2.05, 4.69) is 34.9 Å². The van der Waals surface area contributed by atoms with Gasteiger partial charge in [0.2, 0.25) is 5.91 Å². The Labute approximate surface area is 204 Å². The van der Waals surface area contributed by atoms with Crippen LogP contribution in [0.4, 0.5) is 4.79 Å². The Morgan fingerprint density at radius 2 is 1.63 bits per heavy atom. The summed E-state index contributed by atoms with van der Waals surface area (Å²) in [5.74, 6) is -1.24. The van der Waals surface area contributed by atoms with Crippen LogP contribution in [0.3, 0.4) is 0 Å². The first-order valence-corrected chi connectivity index (χ1v) is 12.6. The Morgan fingerprint density at radius 3 is 2.14 bits per heavy atom. The van der Waals surface area contributed by atoms with Crippen LogP contribution in [0, 0.1) is 16.7 Å². The van der Waals surface area contributed by atoms with E-state index in [0.717, 1.165) is 43.2 Å². The summed E-state index contributed by atoms with van der Waals surface area (Å²) in [6.45, 7) is 0.388. The van der Waals surface area contributed by atoms with Crippen LogP contribution in [0.1, 0.15) is 55.6 Å². The fourth-order valence-corrected chi connectivity index (χ4v) is 6.41. The van der Waals surface area contributed by atoms with Gasteiger partial charge in [0.25, 0.3) is 0 Å². The lowest BCUT2D eigenvalue weighted by atomic mass is 9.74. The van der Waals surface area contributed by atoms with E-state index in [9.17, 15) is 19.5 Å². The average molecular weight is 475 g/mol. The summed E-state index contributed by atoms with van der Waals surface area (Å²) in [6, 6.07) is 15.5. The number of rotatable bonds is 8. The van der Waals surface area contributed by atoms with Crippen molar-refractivity contribution in [1.82, 2.24) is 10.6 Å². The average Bonchev–Trinajstić information content (AvgIpc) is 3.75. The lowest BCUT2D eigenvalue weighted by Gasteiger charge is -2.33. The summed E-state index contributed by atoms with van der Waals surface area (Å²) in [4.78, 5) is 37.7. The highest BCUT2D eigenvalue weighted by molar-refractivity contribution is 5.92. The zero-order valence-electron chi connectivity index (χ0n) is 19.6. The molecule has 182 valence electrons. The smallest absolute Gasteiger partial charge is 0.407 e. The van der Waals surface area contributed by atoms with Gasteiger partial charge in [-0.1, -0.05) is 55.0 Å². The van der Waals surface area contributed by atoms with Gasteiger partial charge < -0.3 is 20.5 Å². The lowest BCUT2D eigenvalue weighted by molar-refractivity contribution is -0.143. The number of nitrogens with one attached hydrogen (secondary N) is 2. The van der Waals surface area contributed by atoms with Gasteiger partial charge in [-0.2, -0.15) is 0 Å².